The van der Waals surface area contributed by atoms with Crippen LogP contribution in [-0.2, 0) is 14.3 Å². The number of methoxy groups -OCH3 is 3. The zero-order chi connectivity index (χ0) is 17.1. The molecule has 0 amide bonds. The number of carbonyl (C=O) groups is 3. The summed E-state index contributed by atoms with van der Waals surface area (Å²) in [7, 11) is 3.49. The molecule has 1 aromatic rings. The number of ether oxygens (including phenoxy) is 3. The number of carbonyl (C=O) groups excluding carboxylic acids is 3. The van der Waals surface area contributed by atoms with E-state index in [-0.39, 0.29) is 22.8 Å². The molecule has 0 saturated heterocycles. The average Bonchev–Trinajstić information content (AvgIpc) is 2.98. The lowest BCUT2D eigenvalue weighted by Crippen LogP contribution is -2.29. The molecule has 1 aliphatic rings. The molecule has 1 saturated carbocycles. The molecule has 0 aromatic carbocycles. The van der Waals surface area contributed by atoms with Crippen LogP contribution in [0.3, 0.4) is 0 Å². The number of aromatic nitrogens is 1. The molecule has 124 valence electrons. The third-order valence-electron chi connectivity index (χ3n) is 3.79. The van der Waals surface area contributed by atoms with Gasteiger partial charge >= 0.3 is 11.9 Å². The molecule has 8 heteroatoms. The molecule has 0 bridgehead atoms. The molecule has 0 aliphatic heterocycles. The van der Waals surface area contributed by atoms with E-state index in [9.17, 15) is 19.2 Å². The molecule has 2 rings (SSSR count). The number of rotatable bonds is 4. The van der Waals surface area contributed by atoms with Crippen molar-refractivity contribution >= 4 is 17.7 Å². The monoisotopic (exact) mass is 323 g/mol. The van der Waals surface area contributed by atoms with Crippen molar-refractivity contribution in [2.45, 2.75) is 25.3 Å². The summed E-state index contributed by atoms with van der Waals surface area (Å²) in [6, 6.07) is -0.651. The largest absolute Gasteiger partial charge is 0.491 e. The summed E-state index contributed by atoms with van der Waals surface area (Å²) in [5, 5.41) is 0. The average molecular weight is 323 g/mol. The van der Waals surface area contributed by atoms with Crippen molar-refractivity contribution in [2.24, 2.45) is 0 Å². The minimum Gasteiger partial charge on any atom is -0.491 e. The number of hydrogen-bond donors (Lipinski definition) is 0. The van der Waals surface area contributed by atoms with Gasteiger partial charge in [-0.15, -0.1) is 0 Å². The summed E-state index contributed by atoms with van der Waals surface area (Å²) in [4.78, 5) is 48.3. The van der Waals surface area contributed by atoms with Crippen LogP contribution in [0.2, 0.25) is 0 Å². The molecule has 0 spiro atoms. The molecule has 1 atom stereocenters. The summed E-state index contributed by atoms with van der Waals surface area (Å²) >= 11 is 0. The highest BCUT2D eigenvalue weighted by molar-refractivity contribution is 5.95. The van der Waals surface area contributed by atoms with Crippen molar-refractivity contribution in [3.8, 4) is 5.75 Å². The number of hydrogen-bond acceptors (Lipinski definition) is 7. The van der Waals surface area contributed by atoms with Crippen molar-refractivity contribution in [3.63, 3.8) is 0 Å². The second-order valence-electron chi connectivity index (χ2n) is 5.02. The Morgan fingerprint density at radius 3 is 2.26 bits per heavy atom. The first kappa shape index (κ1) is 16.7. The molecule has 1 fully saturated rings. The SMILES string of the molecule is COC(=O)c1cn(C2CCCC2=O)c(C(=O)OC)c(OC)c1=O. The van der Waals surface area contributed by atoms with Crippen LogP contribution in [0.25, 0.3) is 0 Å². The van der Waals surface area contributed by atoms with E-state index in [0.717, 1.165) is 20.4 Å². The lowest BCUT2D eigenvalue weighted by molar-refractivity contribution is -0.120. The first-order chi connectivity index (χ1) is 11.0. The van der Waals surface area contributed by atoms with Crippen molar-refractivity contribution in [3.05, 3.63) is 27.7 Å². The summed E-state index contributed by atoms with van der Waals surface area (Å²) in [5.41, 5.74) is -1.29. The maximum atomic E-state index is 12.4. The van der Waals surface area contributed by atoms with E-state index in [1.807, 2.05) is 0 Å². The first-order valence-electron chi connectivity index (χ1n) is 6.98. The Kier molecular flexibility index (Phi) is 4.83. The van der Waals surface area contributed by atoms with Gasteiger partial charge in [0.15, 0.2) is 17.2 Å². The molecule has 1 aromatic heterocycles. The van der Waals surface area contributed by atoms with Crippen LogP contribution >= 0.6 is 0 Å². The van der Waals surface area contributed by atoms with Crippen LogP contribution < -0.4 is 10.2 Å². The minimum atomic E-state index is -0.871. The normalized spacial score (nSPS) is 17.0. The Morgan fingerprint density at radius 2 is 1.78 bits per heavy atom. The molecular formula is C15H17NO7. The van der Waals surface area contributed by atoms with Crippen molar-refractivity contribution < 1.29 is 28.6 Å². The number of nitrogens with zero attached hydrogens (tertiary/aromatic N) is 1. The maximum Gasteiger partial charge on any atom is 0.358 e. The van der Waals surface area contributed by atoms with Crippen LogP contribution in [-0.4, -0.2) is 43.6 Å². The van der Waals surface area contributed by atoms with Gasteiger partial charge in [0, 0.05) is 12.6 Å². The predicted octanol–water partition coefficient (Wildman–Crippen LogP) is 0.724. The molecule has 1 unspecified atom stereocenters. The fourth-order valence-corrected chi connectivity index (χ4v) is 2.69. The van der Waals surface area contributed by atoms with Crippen molar-refractivity contribution in [1.82, 2.24) is 4.57 Å². The van der Waals surface area contributed by atoms with Gasteiger partial charge < -0.3 is 18.8 Å². The van der Waals surface area contributed by atoms with E-state index in [4.69, 9.17) is 4.74 Å². The van der Waals surface area contributed by atoms with E-state index < -0.39 is 23.4 Å². The Morgan fingerprint density at radius 1 is 1.13 bits per heavy atom. The highest BCUT2D eigenvalue weighted by Gasteiger charge is 2.33. The van der Waals surface area contributed by atoms with E-state index in [1.165, 1.54) is 11.7 Å². The van der Waals surface area contributed by atoms with Crippen LogP contribution in [0.4, 0.5) is 0 Å². The second-order valence-corrected chi connectivity index (χ2v) is 5.02. The predicted molar refractivity (Wildman–Crippen MR) is 77.8 cm³/mol. The van der Waals surface area contributed by atoms with Gasteiger partial charge in [0.05, 0.1) is 27.4 Å². The van der Waals surface area contributed by atoms with Gasteiger partial charge in [-0.3, -0.25) is 9.59 Å². The maximum absolute atomic E-state index is 12.4. The molecule has 1 aliphatic carbocycles. The number of esters is 2. The molecule has 8 nitrogen and oxygen atoms in total. The van der Waals surface area contributed by atoms with Gasteiger partial charge in [-0.05, 0) is 12.8 Å². The van der Waals surface area contributed by atoms with Gasteiger partial charge in [0.2, 0.25) is 5.43 Å². The fourth-order valence-electron chi connectivity index (χ4n) is 2.69. The smallest absolute Gasteiger partial charge is 0.358 e. The third kappa shape index (κ3) is 2.84. The Hall–Kier alpha value is -2.64. The fraction of sp³-hybridized carbons (Fsp3) is 0.467. The summed E-state index contributed by atoms with van der Waals surface area (Å²) < 4.78 is 15.6. The van der Waals surface area contributed by atoms with Gasteiger partial charge in [0.1, 0.15) is 5.56 Å². The van der Waals surface area contributed by atoms with Gasteiger partial charge in [-0.1, -0.05) is 0 Å². The highest BCUT2D eigenvalue weighted by atomic mass is 16.5. The van der Waals surface area contributed by atoms with E-state index in [0.29, 0.717) is 19.3 Å². The van der Waals surface area contributed by atoms with Crippen LogP contribution in [0.1, 0.15) is 46.2 Å². The highest BCUT2D eigenvalue weighted by Crippen LogP contribution is 2.30. The Labute approximate surface area is 131 Å². The number of ketones is 1. The molecule has 0 N–H and O–H groups in total. The molecule has 23 heavy (non-hydrogen) atoms. The van der Waals surface area contributed by atoms with Crippen LogP contribution in [0, 0.1) is 0 Å². The summed E-state index contributed by atoms with van der Waals surface area (Å²) in [5.74, 6) is -2.13. The lowest BCUT2D eigenvalue weighted by atomic mass is 10.1. The Bertz CT molecular complexity index is 719. The van der Waals surface area contributed by atoms with Gasteiger partial charge in [-0.2, -0.15) is 0 Å². The van der Waals surface area contributed by atoms with E-state index >= 15 is 0 Å². The van der Waals surface area contributed by atoms with Crippen LogP contribution in [0.5, 0.6) is 5.75 Å². The second kappa shape index (κ2) is 6.64. The van der Waals surface area contributed by atoms with E-state index in [2.05, 4.69) is 9.47 Å². The van der Waals surface area contributed by atoms with E-state index in [1.54, 1.807) is 0 Å². The molecule has 1 heterocycles. The lowest BCUT2D eigenvalue weighted by Gasteiger charge is -2.20. The number of pyridine rings is 1. The van der Waals surface area contributed by atoms with Gasteiger partial charge in [0.25, 0.3) is 0 Å². The van der Waals surface area contributed by atoms with Crippen LogP contribution in [0.15, 0.2) is 11.0 Å². The summed E-state index contributed by atoms with van der Waals surface area (Å²) in [6.45, 7) is 0. The standard InChI is InChI=1S/C15H17NO7/c1-21-13-11(15(20)23-3)16(9-5-4-6-10(9)17)7-8(12(13)18)14(19)22-2/h7,9H,4-6H2,1-3H3. The van der Waals surface area contributed by atoms with Crippen molar-refractivity contribution in [1.29, 1.82) is 0 Å². The zero-order valence-corrected chi connectivity index (χ0v) is 13.1. The number of Topliss-reactive ketones (excluding diaryl/α,β-unsaturated/α-hetero) is 1. The van der Waals surface area contributed by atoms with Gasteiger partial charge in [-0.25, -0.2) is 9.59 Å². The molecule has 0 radical (unpaired) electrons. The zero-order valence-electron chi connectivity index (χ0n) is 13.1. The topological polar surface area (TPSA) is 101 Å². The summed E-state index contributed by atoms with van der Waals surface area (Å²) in [6.07, 6.45) is 2.69. The third-order valence-corrected chi connectivity index (χ3v) is 3.79. The first-order valence-corrected chi connectivity index (χ1v) is 6.98. The van der Waals surface area contributed by atoms with Crippen molar-refractivity contribution in [2.75, 3.05) is 21.3 Å². The quantitative estimate of drug-likeness (QED) is 0.753. The Balaban J connectivity index is 2.79. The minimum absolute atomic E-state index is 0.0864. The molecular weight excluding hydrogens is 306 g/mol.